The monoisotopic (exact) mass is 429 g/mol. The molecule has 1 unspecified atom stereocenters. The van der Waals surface area contributed by atoms with E-state index in [0.717, 1.165) is 11.1 Å². The number of hydrogen-bond acceptors (Lipinski definition) is 5. The summed E-state index contributed by atoms with van der Waals surface area (Å²) in [6, 6.07) is 14.9. The van der Waals surface area contributed by atoms with Gasteiger partial charge in [-0.05, 0) is 37.1 Å². The van der Waals surface area contributed by atoms with Crippen molar-refractivity contribution in [2.75, 3.05) is 19.5 Å². The molecule has 2 aromatic carbocycles. The predicted molar refractivity (Wildman–Crippen MR) is 117 cm³/mol. The lowest BCUT2D eigenvalue weighted by molar-refractivity contribution is -0.145. The van der Waals surface area contributed by atoms with Gasteiger partial charge in [0.25, 0.3) is 0 Å². The summed E-state index contributed by atoms with van der Waals surface area (Å²) in [6.45, 7) is 3.57. The van der Waals surface area contributed by atoms with Crippen molar-refractivity contribution >= 4 is 26.7 Å². The van der Waals surface area contributed by atoms with Gasteiger partial charge < -0.3 is 14.0 Å². The second kappa shape index (κ2) is 8.92. The number of methoxy groups -OCH3 is 1. The van der Waals surface area contributed by atoms with Crippen LogP contribution in [0.15, 0.2) is 53.4 Å². The molecule has 6 nitrogen and oxygen atoms in total. The maximum absolute atomic E-state index is 13.2. The zero-order chi connectivity index (χ0) is 21.9. The molecular weight excluding hydrogens is 402 g/mol. The van der Waals surface area contributed by atoms with Crippen LogP contribution in [0.2, 0.25) is 0 Å². The topological polar surface area (TPSA) is 74.6 Å². The normalized spacial score (nSPS) is 12.7. The van der Waals surface area contributed by atoms with Crippen LogP contribution < -0.4 is 4.74 Å². The second-order valence-corrected chi connectivity index (χ2v) is 9.27. The van der Waals surface area contributed by atoms with Gasteiger partial charge in [-0.1, -0.05) is 37.3 Å². The number of rotatable bonds is 8. The molecule has 0 N–H and O–H groups in total. The average molecular weight is 430 g/mol. The van der Waals surface area contributed by atoms with Gasteiger partial charge in [0.2, 0.25) is 0 Å². The van der Waals surface area contributed by atoms with Crippen LogP contribution in [0, 0.1) is 0 Å². The largest absolute Gasteiger partial charge is 0.497 e. The first-order valence-electron chi connectivity index (χ1n) is 9.93. The molecule has 30 heavy (non-hydrogen) atoms. The highest BCUT2D eigenvalue weighted by Gasteiger charge is 2.34. The first-order chi connectivity index (χ1) is 14.3. The van der Waals surface area contributed by atoms with Gasteiger partial charge in [-0.2, -0.15) is 0 Å². The Labute approximate surface area is 177 Å². The van der Waals surface area contributed by atoms with E-state index in [1.807, 2.05) is 36.4 Å². The highest BCUT2D eigenvalue weighted by atomic mass is 32.2. The van der Waals surface area contributed by atoms with Crippen molar-refractivity contribution in [2.24, 2.45) is 7.05 Å². The third-order valence-electron chi connectivity index (χ3n) is 5.28. The third kappa shape index (κ3) is 4.07. The Balaban J connectivity index is 2.32. The molecule has 0 amide bonds. The molecule has 0 aliphatic heterocycles. The van der Waals surface area contributed by atoms with Crippen LogP contribution in [0.3, 0.4) is 0 Å². The van der Waals surface area contributed by atoms with Gasteiger partial charge in [-0.3, -0.25) is 4.79 Å². The van der Waals surface area contributed by atoms with Crippen molar-refractivity contribution in [3.8, 4) is 5.75 Å². The Morgan fingerprint density at radius 1 is 1.10 bits per heavy atom. The highest BCUT2D eigenvalue weighted by Crippen LogP contribution is 2.38. The number of nitrogens with zero attached hydrogens (tertiary/aromatic N) is 1. The maximum atomic E-state index is 13.2. The van der Waals surface area contributed by atoms with Gasteiger partial charge >= 0.3 is 5.97 Å². The fourth-order valence-corrected chi connectivity index (χ4v) is 5.17. The summed E-state index contributed by atoms with van der Waals surface area (Å²) < 4.78 is 38.8. The number of aromatic nitrogens is 1. The highest BCUT2D eigenvalue weighted by molar-refractivity contribution is 7.91. The third-order valence-corrected chi connectivity index (χ3v) is 7.09. The van der Waals surface area contributed by atoms with Crippen molar-refractivity contribution in [1.29, 1.82) is 0 Å². The van der Waals surface area contributed by atoms with E-state index in [0.29, 0.717) is 23.3 Å². The fraction of sp³-hybridized carbons (Fsp3) is 0.348. The molecule has 0 aliphatic carbocycles. The van der Waals surface area contributed by atoms with E-state index < -0.39 is 21.7 Å². The van der Waals surface area contributed by atoms with E-state index in [9.17, 15) is 13.2 Å². The van der Waals surface area contributed by atoms with Crippen molar-refractivity contribution in [3.05, 3.63) is 59.8 Å². The summed E-state index contributed by atoms with van der Waals surface area (Å²) in [5, 5.41) is 0.552. The van der Waals surface area contributed by atoms with Gasteiger partial charge in [0.05, 0.1) is 30.1 Å². The lowest BCUT2D eigenvalue weighted by Gasteiger charge is -2.19. The van der Waals surface area contributed by atoms with Gasteiger partial charge in [0, 0.05) is 18.0 Å². The lowest BCUT2D eigenvalue weighted by atomic mass is 9.96. The molecule has 7 heteroatoms. The molecule has 0 bridgehead atoms. The summed E-state index contributed by atoms with van der Waals surface area (Å²) in [7, 11) is -0.304. The Morgan fingerprint density at radius 2 is 1.80 bits per heavy atom. The average Bonchev–Trinajstić information content (AvgIpc) is 3.05. The summed E-state index contributed by atoms with van der Waals surface area (Å²) in [6.07, 6.45) is 0.340. The minimum Gasteiger partial charge on any atom is -0.497 e. The minimum absolute atomic E-state index is 0.0722. The van der Waals surface area contributed by atoms with Gasteiger partial charge in [0.1, 0.15) is 11.7 Å². The van der Waals surface area contributed by atoms with Crippen molar-refractivity contribution in [1.82, 2.24) is 4.57 Å². The maximum Gasteiger partial charge on any atom is 0.315 e. The number of esters is 1. The predicted octanol–water partition coefficient (Wildman–Crippen LogP) is 3.87. The number of aryl methyl sites for hydroxylation is 1. The Morgan fingerprint density at radius 3 is 2.40 bits per heavy atom. The van der Waals surface area contributed by atoms with Crippen molar-refractivity contribution in [2.45, 2.75) is 31.1 Å². The van der Waals surface area contributed by atoms with Crippen LogP contribution in [0.25, 0.3) is 10.9 Å². The molecule has 3 rings (SSSR count). The van der Waals surface area contributed by atoms with E-state index >= 15 is 0 Å². The second-order valence-electron chi connectivity index (χ2n) is 7.05. The van der Waals surface area contributed by atoms with E-state index in [4.69, 9.17) is 9.47 Å². The Bertz CT molecular complexity index is 1150. The fourth-order valence-electron chi connectivity index (χ4n) is 3.78. The first-order valence-corrected chi connectivity index (χ1v) is 11.6. The van der Waals surface area contributed by atoms with Crippen LogP contribution in [0.5, 0.6) is 5.75 Å². The van der Waals surface area contributed by atoms with E-state index in [2.05, 4.69) is 0 Å². The SMILES string of the molecule is CCOC(=O)C(Cc1ccccc1)c1c(S(=O)(=O)CC)c2cc(OC)ccc2n1C. The number of benzene rings is 2. The number of sulfone groups is 1. The molecular formula is C23H27NO5S. The van der Waals surface area contributed by atoms with E-state index in [1.165, 1.54) is 7.11 Å². The number of ether oxygens (including phenoxy) is 2. The molecule has 0 saturated heterocycles. The minimum atomic E-state index is -3.63. The van der Waals surface area contributed by atoms with E-state index in [1.54, 1.807) is 37.6 Å². The molecule has 0 radical (unpaired) electrons. The van der Waals surface area contributed by atoms with Crippen molar-refractivity contribution in [3.63, 3.8) is 0 Å². The van der Waals surface area contributed by atoms with Crippen molar-refractivity contribution < 1.29 is 22.7 Å². The van der Waals surface area contributed by atoms with Crippen LogP contribution in [0.4, 0.5) is 0 Å². The summed E-state index contributed by atoms with van der Waals surface area (Å²) in [4.78, 5) is 13.2. The molecule has 1 heterocycles. The molecule has 1 aromatic heterocycles. The molecule has 0 fully saturated rings. The van der Waals surface area contributed by atoms with Crippen LogP contribution in [0.1, 0.15) is 31.0 Å². The molecule has 1 atom stereocenters. The lowest BCUT2D eigenvalue weighted by Crippen LogP contribution is -2.23. The number of fused-ring (bicyclic) bond motifs is 1. The first kappa shape index (κ1) is 21.9. The van der Waals surface area contributed by atoms with Gasteiger partial charge in [0.15, 0.2) is 9.84 Å². The smallest absolute Gasteiger partial charge is 0.315 e. The molecule has 3 aromatic rings. The van der Waals surface area contributed by atoms with Crippen LogP contribution >= 0.6 is 0 Å². The zero-order valence-electron chi connectivity index (χ0n) is 17.7. The van der Waals surface area contributed by atoms with E-state index in [-0.39, 0.29) is 17.3 Å². The quantitative estimate of drug-likeness (QED) is 0.508. The zero-order valence-corrected chi connectivity index (χ0v) is 18.5. The Hall–Kier alpha value is -2.80. The molecule has 0 spiro atoms. The summed E-state index contributed by atoms with van der Waals surface area (Å²) in [5.74, 6) is -0.709. The van der Waals surface area contributed by atoms with Gasteiger partial charge in [-0.15, -0.1) is 0 Å². The number of carbonyl (C=O) groups excluding carboxylic acids is 1. The molecule has 0 aliphatic rings. The van der Waals surface area contributed by atoms with Crippen LogP contribution in [-0.2, 0) is 32.8 Å². The number of hydrogen-bond donors (Lipinski definition) is 0. The standard InChI is InChI=1S/C23H27NO5S/c1-5-29-23(25)19(14-16-10-8-7-9-11-16)21-22(30(26,27)6-2)18-15-17(28-4)12-13-20(18)24(21)3/h7-13,15,19H,5-6,14H2,1-4H3. The molecule has 160 valence electrons. The van der Waals surface area contributed by atoms with Gasteiger partial charge in [-0.25, -0.2) is 8.42 Å². The number of carbonyl (C=O) groups is 1. The Kier molecular flexibility index (Phi) is 6.51. The molecule has 0 saturated carbocycles. The van der Waals surface area contributed by atoms with Crippen LogP contribution in [-0.4, -0.2) is 38.4 Å². The summed E-state index contributed by atoms with van der Waals surface area (Å²) in [5.41, 5.74) is 2.10. The summed E-state index contributed by atoms with van der Waals surface area (Å²) >= 11 is 0.